The van der Waals surface area contributed by atoms with E-state index in [0.29, 0.717) is 45.5 Å². The Morgan fingerprint density at radius 1 is 0.944 bits per heavy atom. The lowest BCUT2D eigenvalue weighted by Gasteiger charge is -2.29. The van der Waals surface area contributed by atoms with Crippen molar-refractivity contribution < 1.29 is 24.3 Å². The highest BCUT2D eigenvalue weighted by atomic mass is 16.5. The highest BCUT2D eigenvalue weighted by Gasteiger charge is 2.27. The molecule has 0 spiro atoms. The lowest BCUT2D eigenvalue weighted by Crippen LogP contribution is -2.44. The van der Waals surface area contributed by atoms with E-state index in [-0.39, 0.29) is 23.4 Å². The van der Waals surface area contributed by atoms with Crippen molar-refractivity contribution in [2.75, 3.05) is 6.54 Å². The van der Waals surface area contributed by atoms with E-state index in [0.717, 1.165) is 13.0 Å². The summed E-state index contributed by atoms with van der Waals surface area (Å²) in [6, 6.07) is 20.3. The first-order valence-corrected chi connectivity index (χ1v) is 12.1. The molecule has 0 radical (unpaired) electrons. The zero-order valence-corrected chi connectivity index (χ0v) is 20.0. The Labute approximate surface area is 209 Å². The van der Waals surface area contributed by atoms with E-state index in [9.17, 15) is 15.0 Å². The molecule has 1 saturated heterocycles. The largest absolute Gasteiger partial charge is 0.508 e. The van der Waals surface area contributed by atoms with Gasteiger partial charge in [-0.3, -0.25) is 4.79 Å². The van der Waals surface area contributed by atoms with Crippen LogP contribution in [0.15, 0.2) is 77.3 Å². The Morgan fingerprint density at radius 2 is 1.58 bits per heavy atom. The van der Waals surface area contributed by atoms with Crippen LogP contribution >= 0.6 is 0 Å². The van der Waals surface area contributed by atoms with E-state index in [1.54, 1.807) is 48.5 Å². The van der Waals surface area contributed by atoms with Gasteiger partial charge in [-0.1, -0.05) is 11.6 Å². The van der Waals surface area contributed by atoms with Gasteiger partial charge in [0.2, 0.25) is 0 Å². The van der Waals surface area contributed by atoms with Crippen molar-refractivity contribution in [1.29, 1.82) is 0 Å². The predicted molar refractivity (Wildman–Crippen MR) is 136 cm³/mol. The van der Waals surface area contributed by atoms with Gasteiger partial charge in [0.05, 0.1) is 5.56 Å². The third kappa shape index (κ3) is 4.97. The van der Waals surface area contributed by atoms with Crippen molar-refractivity contribution in [1.82, 2.24) is 10.5 Å². The van der Waals surface area contributed by atoms with Crippen molar-refractivity contribution >= 4 is 5.78 Å². The molecule has 0 saturated carbocycles. The molecule has 2 heterocycles. The summed E-state index contributed by atoms with van der Waals surface area (Å²) in [6.07, 6.45) is 3.50. The average molecular weight is 485 g/mol. The zero-order valence-electron chi connectivity index (χ0n) is 20.0. The van der Waals surface area contributed by atoms with Gasteiger partial charge in [-0.25, -0.2) is 0 Å². The Kier molecular flexibility index (Phi) is 6.73. The average Bonchev–Trinajstić information content (AvgIpc) is 3.35. The highest BCUT2D eigenvalue weighted by Crippen LogP contribution is 2.35. The quantitative estimate of drug-likeness (QED) is 0.295. The Hall–Kier alpha value is -4.10. The minimum absolute atomic E-state index is 0.0205. The summed E-state index contributed by atoms with van der Waals surface area (Å²) in [7, 11) is 0. The molecule has 7 heteroatoms. The van der Waals surface area contributed by atoms with Gasteiger partial charge < -0.3 is 24.8 Å². The summed E-state index contributed by atoms with van der Waals surface area (Å²) >= 11 is 0. The number of ketones is 1. The number of phenols is 2. The topological polar surface area (TPSA) is 105 Å². The van der Waals surface area contributed by atoms with E-state index in [4.69, 9.17) is 9.26 Å². The number of carbonyl (C=O) groups excluding carboxylic acids is 1. The van der Waals surface area contributed by atoms with Crippen LogP contribution in [0, 0.1) is 0 Å². The third-order valence-electron chi connectivity index (χ3n) is 6.54. The number of aromatic nitrogens is 1. The molecule has 0 amide bonds. The monoisotopic (exact) mass is 484 g/mol. The molecule has 3 N–H and O–H groups in total. The van der Waals surface area contributed by atoms with Crippen LogP contribution in [0.5, 0.6) is 17.2 Å². The molecule has 36 heavy (non-hydrogen) atoms. The molecule has 184 valence electrons. The number of piperidine rings is 1. The van der Waals surface area contributed by atoms with Gasteiger partial charge in [0.1, 0.15) is 29.0 Å². The molecule has 1 fully saturated rings. The maximum atomic E-state index is 13.8. The number of aromatic hydroxyl groups is 2. The summed E-state index contributed by atoms with van der Waals surface area (Å²) in [4.78, 5) is 13.8. The van der Waals surface area contributed by atoms with Gasteiger partial charge in [-0.15, -0.1) is 0 Å². The van der Waals surface area contributed by atoms with Gasteiger partial charge in [0.15, 0.2) is 11.5 Å². The van der Waals surface area contributed by atoms with Crippen molar-refractivity contribution in [2.45, 2.75) is 38.3 Å². The lowest BCUT2D eigenvalue weighted by atomic mass is 9.95. The summed E-state index contributed by atoms with van der Waals surface area (Å²) in [6.45, 7) is 3.07. The lowest BCUT2D eigenvalue weighted by molar-refractivity contribution is 0.103. The van der Waals surface area contributed by atoms with Gasteiger partial charge in [0, 0.05) is 22.7 Å². The molecule has 0 aliphatic carbocycles. The number of ether oxygens (including phenoxy) is 1. The van der Waals surface area contributed by atoms with Crippen molar-refractivity contribution in [3.8, 4) is 39.8 Å². The maximum absolute atomic E-state index is 13.8. The van der Waals surface area contributed by atoms with Crippen LogP contribution in [0.1, 0.15) is 42.1 Å². The SMILES string of the molecule is CC(Oc1ccc(C(=O)c2c(-c3ccc(O)cc3)noc2-c2ccc(O)cc2)cc1)C1CCCCN1. The van der Waals surface area contributed by atoms with Crippen molar-refractivity contribution in [3.05, 3.63) is 83.9 Å². The summed E-state index contributed by atoms with van der Waals surface area (Å²) in [5.41, 5.74) is 2.40. The van der Waals surface area contributed by atoms with Gasteiger partial charge in [-0.05, 0) is 99.1 Å². The minimum atomic E-state index is -0.254. The van der Waals surface area contributed by atoms with Crippen LogP contribution in [0.2, 0.25) is 0 Å². The van der Waals surface area contributed by atoms with E-state index in [2.05, 4.69) is 17.4 Å². The smallest absolute Gasteiger partial charge is 0.199 e. The van der Waals surface area contributed by atoms with Crippen molar-refractivity contribution in [2.24, 2.45) is 0 Å². The molecule has 5 rings (SSSR count). The molecule has 7 nitrogen and oxygen atoms in total. The van der Waals surface area contributed by atoms with Crippen LogP contribution < -0.4 is 10.1 Å². The molecule has 3 aromatic carbocycles. The van der Waals surface area contributed by atoms with Gasteiger partial charge >= 0.3 is 0 Å². The van der Waals surface area contributed by atoms with E-state index < -0.39 is 0 Å². The fourth-order valence-electron chi connectivity index (χ4n) is 4.53. The zero-order chi connectivity index (χ0) is 25.1. The van der Waals surface area contributed by atoms with Crippen LogP contribution in [-0.4, -0.2) is 39.8 Å². The van der Waals surface area contributed by atoms with Crippen LogP contribution in [-0.2, 0) is 0 Å². The first kappa shape index (κ1) is 23.6. The normalized spacial score (nSPS) is 16.4. The second-order valence-electron chi connectivity index (χ2n) is 9.06. The summed E-state index contributed by atoms with van der Waals surface area (Å²) < 4.78 is 11.8. The van der Waals surface area contributed by atoms with Gasteiger partial charge in [0.25, 0.3) is 0 Å². The van der Waals surface area contributed by atoms with Crippen LogP contribution in [0.3, 0.4) is 0 Å². The van der Waals surface area contributed by atoms with E-state index in [1.807, 2.05) is 0 Å². The number of rotatable bonds is 7. The van der Waals surface area contributed by atoms with Crippen LogP contribution in [0.25, 0.3) is 22.6 Å². The first-order valence-electron chi connectivity index (χ1n) is 12.1. The molecular weight excluding hydrogens is 456 g/mol. The number of nitrogens with zero attached hydrogens (tertiary/aromatic N) is 1. The van der Waals surface area contributed by atoms with E-state index >= 15 is 0 Å². The number of hydrogen-bond donors (Lipinski definition) is 3. The van der Waals surface area contributed by atoms with Gasteiger partial charge in [-0.2, -0.15) is 0 Å². The minimum Gasteiger partial charge on any atom is -0.508 e. The molecule has 1 aliphatic heterocycles. The Balaban J connectivity index is 1.46. The standard InChI is InChI=1S/C29H28N2O5/c1-18(25-4-2-3-17-30-25)35-24-15-9-20(10-16-24)28(34)26-27(19-5-11-22(32)12-6-19)31-36-29(26)21-7-13-23(33)14-8-21/h5-16,18,25,30,32-33H,2-4,17H2,1H3. The number of phenolic OH excluding ortho intramolecular Hbond substituents is 2. The predicted octanol–water partition coefficient (Wildman–Crippen LogP) is 5.56. The Morgan fingerprint density at radius 3 is 2.19 bits per heavy atom. The third-order valence-corrected chi connectivity index (χ3v) is 6.54. The molecule has 0 bridgehead atoms. The maximum Gasteiger partial charge on any atom is 0.199 e. The molecule has 2 unspecified atom stereocenters. The number of hydrogen-bond acceptors (Lipinski definition) is 7. The molecule has 2 atom stereocenters. The number of benzene rings is 3. The second kappa shape index (κ2) is 10.3. The van der Waals surface area contributed by atoms with Crippen molar-refractivity contribution in [3.63, 3.8) is 0 Å². The second-order valence-corrected chi connectivity index (χ2v) is 9.06. The highest BCUT2D eigenvalue weighted by molar-refractivity contribution is 6.15. The van der Waals surface area contributed by atoms with E-state index in [1.165, 1.54) is 37.1 Å². The summed E-state index contributed by atoms with van der Waals surface area (Å²) in [5.74, 6) is 0.978. The molecule has 1 aliphatic rings. The Bertz CT molecular complexity index is 1260. The summed E-state index contributed by atoms with van der Waals surface area (Å²) in [5, 5.41) is 27.1. The first-order chi connectivity index (χ1) is 17.5. The van der Waals surface area contributed by atoms with Crippen LogP contribution in [0.4, 0.5) is 0 Å². The fraction of sp³-hybridized carbons (Fsp3) is 0.241. The number of carbonyl (C=O) groups is 1. The molecular formula is C29H28N2O5. The molecule has 4 aromatic rings. The molecule has 1 aromatic heterocycles. The fourth-order valence-corrected chi connectivity index (χ4v) is 4.53. The number of nitrogens with one attached hydrogen (secondary N) is 1.